The lowest BCUT2D eigenvalue weighted by Crippen LogP contribution is -2.31. The van der Waals surface area contributed by atoms with Crippen LogP contribution in [0.25, 0.3) is 0 Å². The molecule has 0 aliphatic rings. The summed E-state index contributed by atoms with van der Waals surface area (Å²) in [6.07, 6.45) is 0.936. The Balaban J connectivity index is 2.63. The van der Waals surface area contributed by atoms with Crippen LogP contribution < -0.4 is 11.1 Å². The first kappa shape index (κ1) is 15.0. The molecule has 18 heavy (non-hydrogen) atoms. The Bertz CT molecular complexity index is 393. The Morgan fingerprint density at radius 3 is 2.89 bits per heavy atom. The molecule has 1 atom stereocenters. The summed E-state index contributed by atoms with van der Waals surface area (Å²) in [7, 11) is 0. The van der Waals surface area contributed by atoms with E-state index in [-0.39, 0.29) is 11.2 Å². The normalized spacial score (nSPS) is 12.4. The topological polar surface area (TPSA) is 85.8 Å². The monoisotopic (exact) mass is 271 g/mol. The molecular formula is C11H21N5OS. The van der Waals surface area contributed by atoms with Crippen molar-refractivity contribution in [2.75, 3.05) is 13.1 Å². The zero-order valence-corrected chi connectivity index (χ0v) is 12.0. The molecule has 0 spiro atoms. The minimum Gasteiger partial charge on any atom is -0.355 e. The van der Waals surface area contributed by atoms with Gasteiger partial charge in [0.25, 0.3) is 0 Å². The maximum absolute atomic E-state index is 11.8. The van der Waals surface area contributed by atoms with Gasteiger partial charge in [0.05, 0.1) is 5.25 Å². The number of aryl methyl sites for hydroxylation is 1. The molecule has 0 bridgehead atoms. The van der Waals surface area contributed by atoms with Crippen molar-refractivity contribution in [2.45, 2.75) is 44.1 Å². The van der Waals surface area contributed by atoms with E-state index in [0.29, 0.717) is 19.6 Å². The van der Waals surface area contributed by atoms with E-state index in [2.05, 4.69) is 15.5 Å². The molecular weight excluding hydrogens is 250 g/mol. The summed E-state index contributed by atoms with van der Waals surface area (Å²) in [6.45, 7) is 7.69. The van der Waals surface area contributed by atoms with E-state index in [1.165, 1.54) is 11.8 Å². The second kappa shape index (κ2) is 7.38. The lowest BCUT2D eigenvalue weighted by Gasteiger charge is -2.12. The number of carbonyl (C=O) groups is 1. The van der Waals surface area contributed by atoms with E-state index in [4.69, 9.17) is 5.73 Å². The summed E-state index contributed by atoms with van der Waals surface area (Å²) in [5.41, 5.74) is 5.55. The van der Waals surface area contributed by atoms with Gasteiger partial charge in [-0.1, -0.05) is 18.7 Å². The average Bonchev–Trinajstić information content (AvgIpc) is 2.69. The van der Waals surface area contributed by atoms with E-state index >= 15 is 0 Å². The Kier molecular flexibility index (Phi) is 6.14. The van der Waals surface area contributed by atoms with Crippen molar-refractivity contribution in [3.05, 3.63) is 5.82 Å². The molecule has 102 valence electrons. The van der Waals surface area contributed by atoms with Gasteiger partial charge < -0.3 is 15.6 Å². The van der Waals surface area contributed by atoms with Crippen LogP contribution in [0.5, 0.6) is 0 Å². The van der Waals surface area contributed by atoms with Crippen molar-refractivity contribution in [3.63, 3.8) is 0 Å². The third-order valence-electron chi connectivity index (χ3n) is 2.46. The predicted octanol–water partition coefficient (Wildman–Crippen LogP) is 0.552. The number of nitrogens with zero attached hydrogens (tertiary/aromatic N) is 3. The SMILES string of the molecule is CCCNC(=O)C(C)Sc1nnc(C)n1CCN. The van der Waals surface area contributed by atoms with Crippen LogP contribution in [0.15, 0.2) is 5.16 Å². The highest BCUT2D eigenvalue weighted by Crippen LogP contribution is 2.22. The second-order valence-corrected chi connectivity index (χ2v) is 5.33. The Morgan fingerprint density at radius 1 is 1.56 bits per heavy atom. The van der Waals surface area contributed by atoms with Gasteiger partial charge in [0, 0.05) is 19.6 Å². The number of thioether (sulfide) groups is 1. The summed E-state index contributed by atoms with van der Waals surface area (Å²) in [4.78, 5) is 11.8. The zero-order chi connectivity index (χ0) is 13.5. The van der Waals surface area contributed by atoms with Gasteiger partial charge in [-0.3, -0.25) is 4.79 Å². The van der Waals surface area contributed by atoms with Gasteiger partial charge in [0.15, 0.2) is 5.16 Å². The van der Waals surface area contributed by atoms with Gasteiger partial charge in [0.1, 0.15) is 5.82 Å². The Hall–Kier alpha value is -1.08. The van der Waals surface area contributed by atoms with E-state index in [1.54, 1.807) is 0 Å². The number of aromatic nitrogens is 3. The van der Waals surface area contributed by atoms with Crippen LogP contribution in [-0.2, 0) is 11.3 Å². The molecule has 0 aliphatic carbocycles. The molecule has 0 aliphatic heterocycles. The third-order valence-corrected chi connectivity index (χ3v) is 3.54. The summed E-state index contributed by atoms with van der Waals surface area (Å²) in [6, 6.07) is 0. The molecule has 0 aromatic carbocycles. The molecule has 7 heteroatoms. The van der Waals surface area contributed by atoms with Gasteiger partial charge >= 0.3 is 0 Å². The van der Waals surface area contributed by atoms with Crippen molar-refractivity contribution in [1.29, 1.82) is 0 Å². The first-order chi connectivity index (χ1) is 8.60. The van der Waals surface area contributed by atoms with Gasteiger partial charge in [-0.2, -0.15) is 0 Å². The van der Waals surface area contributed by atoms with Crippen LogP contribution in [0.3, 0.4) is 0 Å². The number of nitrogens with two attached hydrogens (primary N) is 1. The Labute approximate surface area is 112 Å². The van der Waals surface area contributed by atoms with E-state index in [1.807, 2.05) is 25.3 Å². The first-order valence-electron chi connectivity index (χ1n) is 6.14. The van der Waals surface area contributed by atoms with Crippen LogP contribution in [0.2, 0.25) is 0 Å². The number of hydrogen-bond acceptors (Lipinski definition) is 5. The molecule has 1 amide bonds. The van der Waals surface area contributed by atoms with Crippen LogP contribution in [0.4, 0.5) is 0 Å². The highest BCUT2D eigenvalue weighted by atomic mass is 32.2. The second-order valence-electron chi connectivity index (χ2n) is 4.02. The molecule has 0 radical (unpaired) electrons. The Morgan fingerprint density at radius 2 is 2.28 bits per heavy atom. The van der Waals surface area contributed by atoms with Crippen molar-refractivity contribution < 1.29 is 4.79 Å². The van der Waals surface area contributed by atoms with Gasteiger partial charge in [0.2, 0.25) is 5.91 Å². The predicted molar refractivity (Wildman–Crippen MR) is 72.4 cm³/mol. The maximum Gasteiger partial charge on any atom is 0.233 e. The molecule has 0 saturated carbocycles. The highest BCUT2D eigenvalue weighted by molar-refractivity contribution is 8.00. The first-order valence-corrected chi connectivity index (χ1v) is 7.02. The summed E-state index contributed by atoms with van der Waals surface area (Å²) < 4.78 is 1.94. The molecule has 1 unspecified atom stereocenters. The fourth-order valence-corrected chi connectivity index (χ4v) is 2.38. The fourth-order valence-electron chi connectivity index (χ4n) is 1.44. The van der Waals surface area contributed by atoms with Crippen molar-refractivity contribution in [1.82, 2.24) is 20.1 Å². The van der Waals surface area contributed by atoms with E-state index in [0.717, 1.165) is 17.4 Å². The minimum absolute atomic E-state index is 0.0294. The average molecular weight is 271 g/mol. The number of hydrogen-bond donors (Lipinski definition) is 2. The minimum atomic E-state index is -0.184. The maximum atomic E-state index is 11.8. The van der Waals surface area contributed by atoms with Crippen LogP contribution in [-0.4, -0.2) is 39.0 Å². The lowest BCUT2D eigenvalue weighted by atomic mass is 10.4. The summed E-state index contributed by atoms with van der Waals surface area (Å²) in [5, 5.41) is 11.5. The molecule has 1 rings (SSSR count). The molecule has 1 aromatic heterocycles. The smallest absolute Gasteiger partial charge is 0.233 e. The quantitative estimate of drug-likeness (QED) is 0.707. The molecule has 0 saturated heterocycles. The standard InChI is InChI=1S/C11H21N5OS/c1-4-6-13-10(17)8(2)18-11-15-14-9(3)16(11)7-5-12/h8H,4-7,12H2,1-3H3,(H,13,17). The van der Waals surface area contributed by atoms with Crippen molar-refractivity contribution >= 4 is 17.7 Å². The zero-order valence-electron chi connectivity index (χ0n) is 11.1. The molecule has 1 aromatic rings. The number of amides is 1. The molecule has 0 fully saturated rings. The van der Waals surface area contributed by atoms with Crippen LogP contribution in [0.1, 0.15) is 26.1 Å². The lowest BCUT2D eigenvalue weighted by molar-refractivity contribution is -0.120. The van der Waals surface area contributed by atoms with Crippen molar-refractivity contribution in [3.8, 4) is 0 Å². The number of nitrogens with one attached hydrogen (secondary N) is 1. The van der Waals surface area contributed by atoms with Crippen molar-refractivity contribution in [2.24, 2.45) is 5.73 Å². The third kappa shape index (κ3) is 3.99. The molecule has 1 heterocycles. The number of carbonyl (C=O) groups excluding carboxylic acids is 1. The van der Waals surface area contributed by atoms with E-state index in [9.17, 15) is 4.79 Å². The summed E-state index contributed by atoms with van der Waals surface area (Å²) >= 11 is 1.41. The fraction of sp³-hybridized carbons (Fsp3) is 0.727. The largest absolute Gasteiger partial charge is 0.355 e. The van der Waals surface area contributed by atoms with E-state index < -0.39 is 0 Å². The highest BCUT2D eigenvalue weighted by Gasteiger charge is 2.18. The molecule has 6 nitrogen and oxygen atoms in total. The van der Waals surface area contributed by atoms with Gasteiger partial charge in [-0.05, 0) is 20.3 Å². The summed E-state index contributed by atoms with van der Waals surface area (Å²) in [5.74, 6) is 0.853. The molecule has 3 N–H and O–H groups in total. The number of rotatable bonds is 7. The van der Waals surface area contributed by atoms with Gasteiger partial charge in [-0.15, -0.1) is 10.2 Å². The van der Waals surface area contributed by atoms with Gasteiger partial charge in [-0.25, -0.2) is 0 Å². The van der Waals surface area contributed by atoms with Crippen LogP contribution >= 0.6 is 11.8 Å². The van der Waals surface area contributed by atoms with Crippen LogP contribution in [0, 0.1) is 6.92 Å².